The van der Waals surface area contributed by atoms with Crippen LogP contribution in [-0.4, -0.2) is 16.1 Å². The van der Waals surface area contributed by atoms with Crippen molar-refractivity contribution in [2.45, 2.75) is 0 Å². The molecule has 0 saturated heterocycles. The lowest BCUT2D eigenvalue weighted by molar-refractivity contribution is 0.102. The van der Waals surface area contributed by atoms with Gasteiger partial charge in [0, 0.05) is 11.4 Å². The Morgan fingerprint density at radius 1 is 0.960 bits per heavy atom. The third-order valence-electron chi connectivity index (χ3n) is 3.17. The molecular weight excluding hydrogens is 350 g/mol. The van der Waals surface area contributed by atoms with E-state index >= 15 is 0 Å². The number of hydrogen-bond acceptors (Lipinski definition) is 4. The van der Waals surface area contributed by atoms with Crippen LogP contribution in [0.5, 0.6) is 0 Å². The zero-order valence-corrected chi connectivity index (χ0v) is 13.4. The lowest BCUT2D eigenvalue weighted by atomic mass is 10.3. The second-order valence-corrected chi connectivity index (χ2v) is 5.43. The van der Waals surface area contributed by atoms with E-state index in [-0.39, 0.29) is 16.5 Å². The third kappa shape index (κ3) is 4.27. The number of nitrogens with zero attached hydrogens (tertiary/aromatic N) is 2. The van der Waals surface area contributed by atoms with Crippen LogP contribution >= 0.6 is 11.6 Å². The van der Waals surface area contributed by atoms with Crippen LogP contribution in [0.25, 0.3) is 0 Å². The van der Waals surface area contributed by atoms with Gasteiger partial charge in [0.1, 0.15) is 11.6 Å². The average molecular weight is 361 g/mol. The number of anilines is 3. The molecule has 8 heteroatoms. The number of aromatic nitrogens is 2. The molecule has 1 amide bonds. The summed E-state index contributed by atoms with van der Waals surface area (Å²) in [4.78, 5) is 12.1. The van der Waals surface area contributed by atoms with Crippen LogP contribution in [0.3, 0.4) is 0 Å². The summed E-state index contributed by atoms with van der Waals surface area (Å²) in [6.45, 7) is 0. The van der Waals surface area contributed by atoms with Crippen LogP contribution in [0.15, 0.2) is 54.6 Å². The first-order valence-electron chi connectivity index (χ1n) is 7.14. The summed E-state index contributed by atoms with van der Waals surface area (Å²) in [5.41, 5.74) is 0.901. The quantitative estimate of drug-likeness (QED) is 0.723. The molecule has 3 aromatic rings. The molecule has 0 spiro atoms. The number of nitrogens with one attached hydrogen (secondary N) is 2. The Hall–Kier alpha value is -3.06. The van der Waals surface area contributed by atoms with Crippen LogP contribution in [-0.2, 0) is 0 Å². The van der Waals surface area contributed by atoms with E-state index in [4.69, 9.17) is 11.6 Å². The van der Waals surface area contributed by atoms with E-state index in [1.165, 1.54) is 36.4 Å². The van der Waals surface area contributed by atoms with Crippen molar-refractivity contribution in [3.8, 4) is 0 Å². The first kappa shape index (κ1) is 16.8. The number of carbonyl (C=O) groups excluding carboxylic acids is 1. The van der Waals surface area contributed by atoms with Gasteiger partial charge in [0.25, 0.3) is 5.91 Å². The molecule has 0 aliphatic heterocycles. The molecule has 1 heterocycles. The average Bonchev–Trinajstić information content (AvgIpc) is 2.59. The van der Waals surface area contributed by atoms with Crippen molar-refractivity contribution >= 4 is 34.7 Å². The monoisotopic (exact) mass is 360 g/mol. The first-order valence-corrected chi connectivity index (χ1v) is 7.52. The maximum Gasteiger partial charge on any atom is 0.276 e. The van der Waals surface area contributed by atoms with E-state index in [0.29, 0.717) is 17.2 Å². The van der Waals surface area contributed by atoms with Crippen molar-refractivity contribution in [2.75, 3.05) is 10.6 Å². The highest BCUT2D eigenvalue weighted by molar-refractivity contribution is 6.31. The number of amides is 1. The number of rotatable bonds is 4. The zero-order valence-electron chi connectivity index (χ0n) is 12.6. The second kappa shape index (κ2) is 7.23. The Morgan fingerprint density at radius 2 is 1.80 bits per heavy atom. The van der Waals surface area contributed by atoms with Crippen molar-refractivity contribution in [1.82, 2.24) is 10.2 Å². The number of halogens is 3. The van der Waals surface area contributed by atoms with E-state index < -0.39 is 11.7 Å². The molecule has 1 aromatic heterocycles. The van der Waals surface area contributed by atoms with Crippen molar-refractivity contribution in [3.63, 3.8) is 0 Å². The second-order valence-electron chi connectivity index (χ2n) is 5.02. The topological polar surface area (TPSA) is 66.9 Å². The van der Waals surface area contributed by atoms with Gasteiger partial charge in [-0.15, -0.1) is 10.2 Å². The van der Waals surface area contributed by atoms with E-state index in [2.05, 4.69) is 20.8 Å². The van der Waals surface area contributed by atoms with E-state index in [0.717, 1.165) is 6.07 Å². The van der Waals surface area contributed by atoms with Crippen LogP contribution in [0.4, 0.5) is 26.0 Å². The highest BCUT2D eigenvalue weighted by Crippen LogP contribution is 2.20. The predicted molar refractivity (Wildman–Crippen MR) is 91.1 cm³/mol. The minimum atomic E-state index is -0.577. The zero-order chi connectivity index (χ0) is 17.8. The van der Waals surface area contributed by atoms with Crippen molar-refractivity contribution in [3.05, 3.63) is 76.9 Å². The van der Waals surface area contributed by atoms with Gasteiger partial charge >= 0.3 is 0 Å². The van der Waals surface area contributed by atoms with Crippen molar-refractivity contribution in [1.29, 1.82) is 0 Å². The largest absolute Gasteiger partial charge is 0.339 e. The van der Waals surface area contributed by atoms with Gasteiger partial charge in [-0.2, -0.15) is 0 Å². The van der Waals surface area contributed by atoms with Gasteiger partial charge in [0.2, 0.25) is 0 Å². The molecular formula is C17H11ClF2N4O. The number of hydrogen-bond donors (Lipinski definition) is 2. The van der Waals surface area contributed by atoms with Gasteiger partial charge in [0.05, 0.1) is 5.02 Å². The standard InChI is InChI=1S/C17H11ClF2N4O/c18-13-9-12(4-5-14(13)20)22-17(25)15-6-7-16(24-23-15)21-11-3-1-2-10(19)8-11/h1-9H,(H,21,24)(H,22,25). The van der Waals surface area contributed by atoms with E-state index in [1.54, 1.807) is 12.1 Å². The molecule has 0 aliphatic carbocycles. The Bertz CT molecular complexity index is 919. The van der Waals surface area contributed by atoms with Crippen molar-refractivity contribution < 1.29 is 13.6 Å². The van der Waals surface area contributed by atoms with Gasteiger partial charge in [-0.05, 0) is 48.5 Å². The normalized spacial score (nSPS) is 10.4. The minimum absolute atomic E-state index is 0.0604. The SMILES string of the molecule is O=C(Nc1ccc(F)c(Cl)c1)c1ccc(Nc2cccc(F)c2)nn1. The Kier molecular flexibility index (Phi) is 4.85. The maximum atomic E-state index is 13.1. The molecule has 3 rings (SSSR count). The van der Waals surface area contributed by atoms with Gasteiger partial charge in [-0.25, -0.2) is 8.78 Å². The molecule has 2 aromatic carbocycles. The molecule has 25 heavy (non-hydrogen) atoms. The van der Waals surface area contributed by atoms with Gasteiger partial charge in [0.15, 0.2) is 11.5 Å². The fourth-order valence-corrected chi connectivity index (χ4v) is 2.18. The maximum absolute atomic E-state index is 13.1. The Labute approximate surface area is 146 Å². The molecule has 5 nitrogen and oxygen atoms in total. The number of carbonyl (C=O) groups is 1. The Balaban J connectivity index is 1.68. The van der Waals surface area contributed by atoms with Gasteiger partial charge < -0.3 is 10.6 Å². The highest BCUT2D eigenvalue weighted by atomic mass is 35.5. The molecule has 126 valence electrons. The fourth-order valence-electron chi connectivity index (χ4n) is 2.00. The molecule has 0 bridgehead atoms. The van der Waals surface area contributed by atoms with Gasteiger partial charge in [-0.3, -0.25) is 4.79 Å². The molecule has 0 aliphatic rings. The minimum Gasteiger partial charge on any atom is -0.339 e. The smallest absolute Gasteiger partial charge is 0.276 e. The van der Waals surface area contributed by atoms with Crippen LogP contribution < -0.4 is 10.6 Å². The molecule has 0 fully saturated rings. The molecule has 0 saturated carbocycles. The molecule has 0 radical (unpaired) electrons. The predicted octanol–water partition coefficient (Wildman–Crippen LogP) is 4.40. The first-order chi connectivity index (χ1) is 12.0. The lowest BCUT2D eigenvalue weighted by Gasteiger charge is -2.07. The Morgan fingerprint density at radius 3 is 2.48 bits per heavy atom. The number of benzene rings is 2. The molecule has 0 unspecified atom stereocenters. The van der Waals surface area contributed by atoms with E-state index in [9.17, 15) is 13.6 Å². The third-order valence-corrected chi connectivity index (χ3v) is 3.46. The van der Waals surface area contributed by atoms with Gasteiger partial charge in [-0.1, -0.05) is 17.7 Å². The van der Waals surface area contributed by atoms with Crippen molar-refractivity contribution in [2.24, 2.45) is 0 Å². The summed E-state index contributed by atoms with van der Waals surface area (Å²) in [5, 5.41) is 13.0. The summed E-state index contributed by atoms with van der Waals surface area (Å²) in [7, 11) is 0. The van der Waals surface area contributed by atoms with Crippen LogP contribution in [0.1, 0.15) is 10.5 Å². The summed E-state index contributed by atoms with van der Waals surface area (Å²) >= 11 is 5.66. The van der Waals surface area contributed by atoms with Crippen LogP contribution in [0.2, 0.25) is 5.02 Å². The lowest BCUT2D eigenvalue weighted by Crippen LogP contribution is -2.14. The van der Waals surface area contributed by atoms with E-state index in [1.807, 2.05) is 0 Å². The molecule has 2 N–H and O–H groups in total. The summed E-state index contributed by atoms with van der Waals surface area (Å²) in [5.74, 6) is -1.13. The highest BCUT2D eigenvalue weighted by Gasteiger charge is 2.10. The molecule has 0 atom stereocenters. The van der Waals surface area contributed by atoms with Crippen LogP contribution in [0, 0.1) is 11.6 Å². The summed E-state index contributed by atoms with van der Waals surface area (Å²) in [6, 6.07) is 12.7. The fraction of sp³-hybridized carbons (Fsp3) is 0. The summed E-state index contributed by atoms with van der Waals surface area (Å²) in [6.07, 6.45) is 0. The summed E-state index contributed by atoms with van der Waals surface area (Å²) < 4.78 is 26.2.